The molecule has 0 aliphatic rings. The molecule has 0 bridgehead atoms. The Bertz CT molecular complexity index is 854. The molecule has 0 spiro atoms. The fourth-order valence-electron chi connectivity index (χ4n) is 2.76. The van der Waals surface area contributed by atoms with Gasteiger partial charge in [0.05, 0.1) is 0 Å². The molecule has 128 valence electrons. The van der Waals surface area contributed by atoms with Crippen LogP contribution in [0.2, 0.25) is 0 Å². The highest BCUT2D eigenvalue weighted by atomic mass is 16.1. The summed E-state index contributed by atoms with van der Waals surface area (Å²) in [5.74, 6) is -0.137. The van der Waals surface area contributed by atoms with Crippen molar-refractivity contribution in [2.75, 3.05) is 6.54 Å². The predicted octanol–water partition coefficient (Wildman–Crippen LogP) is 2.65. The van der Waals surface area contributed by atoms with Gasteiger partial charge in [-0.3, -0.25) is 4.79 Å². The number of rotatable bonds is 7. The number of amides is 1. The van der Waals surface area contributed by atoms with Crippen LogP contribution in [0.15, 0.2) is 60.9 Å². The van der Waals surface area contributed by atoms with E-state index in [0.29, 0.717) is 6.54 Å². The maximum absolute atomic E-state index is 12.2. The average Bonchev–Trinajstić information content (AvgIpc) is 3.07. The van der Waals surface area contributed by atoms with Gasteiger partial charge in [-0.1, -0.05) is 30.3 Å². The van der Waals surface area contributed by atoms with Crippen LogP contribution >= 0.6 is 0 Å². The number of nitrogens with zero attached hydrogens (tertiary/aromatic N) is 1. The number of nitrogens with one attached hydrogen (secondary N) is 2. The topological polar surface area (TPSA) is 83.8 Å². The maximum atomic E-state index is 12.2. The normalized spacial score (nSPS) is 12.5. The van der Waals surface area contributed by atoms with E-state index in [1.807, 2.05) is 36.5 Å². The van der Waals surface area contributed by atoms with Crippen LogP contribution in [0, 0.1) is 0 Å². The zero-order valence-corrected chi connectivity index (χ0v) is 14.0. The molecule has 0 saturated carbocycles. The fourth-order valence-corrected chi connectivity index (χ4v) is 2.76. The minimum Gasteiger partial charge on any atom is -0.349 e. The number of fused-ring (bicyclic) bond motifs is 1. The van der Waals surface area contributed by atoms with E-state index in [1.165, 1.54) is 5.56 Å². The quantitative estimate of drug-likeness (QED) is 0.581. The van der Waals surface area contributed by atoms with Crippen molar-refractivity contribution in [2.24, 2.45) is 5.73 Å². The van der Waals surface area contributed by atoms with E-state index in [9.17, 15) is 4.79 Å². The monoisotopic (exact) mass is 334 g/mol. The van der Waals surface area contributed by atoms with E-state index in [4.69, 9.17) is 5.73 Å². The summed E-state index contributed by atoms with van der Waals surface area (Å²) in [4.78, 5) is 19.5. The van der Waals surface area contributed by atoms with Crippen molar-refractivity contribution < 1.29 is 4.79 Å². The van der Waals surface area contributed by atoms with Crippen molar-refractivity contribution in [2.45, 2.75) is 18.9 Å². The summed E-state index contributed by atoms with van der Waals surface area (Å²) in [6.45, 7) is 0.420. The highest BCUT2D eigenvalue weighted by molar-refractivity contribution is 5.95. The first kappa shape index (κ1) is 16.9. The van der Waals surface area contributed by atoms with E-state index in [2.05, 4.69) is 27.4 Å². The summed E-state index contributed by atoms with van der Waals surface area (Å²) in [7, 11) is 0. The van der Waals surface area contributed by atoms with Crippen LogP contribution in [-0.4, -0.2) is 28.5 Å². The lowest BCUT2D eigenvalue weighted by Gasteiger charge is -2.15. The zero-order chi connectivity index (χ0) is 17.5. The molecule has 0 aliphatic heterocycles. The Hall–Kier alpha value is -2.92. The Labute approximate surface area is 147 Å². The van der Waals surface area contributed by atoms with Crippen LogP contribution in [-0.2, 0) is 11.2 Å². The largest absolute Gasteiger partial charge is 0.349 e. The second-order valence-corrected chi connectivity index (χ2v) is 5.94. The highest BCUT2D eigenvalue weighted by Gasteiger charge is 2.09. The molecule has 25 heavy (non-hydrogen) atoms. The second kappa shape index (κ2) is 8.26. The Morgan fingerprint density at radius 3 is 2.88 bits per heavy atom. The van der Waals surface area contributed by atoms with Crippen molar-refractivity contribution in [3.05, 3.63) is 72.1 Å². The molecule has 1 amide bonds. The highest BCUT2D eigenvalue weighted by Crippen LogP contribution is 2.16. The third-order valence-electron chi connectivity index (χ3n) is 4.15. The predicted molar refractivity (Wildman–Crippen MR) is 101 cm³/mol. The number of benzene rings is 1. The van der Waals surface area contributed by atoms with Gasteiger partial charge in [0.1, 0.15) is 5.65 Å². The Balaban J connectivity index is 1.56. The number of carbonyl (C=O) groups is 1. The van der Waals surface area contributed by atoms with Crippen LogP contribution in [0.3, 0.4) is 0 Å². The van der Waals surface area contributed by atoms with E-state index in [-0.39, 0.29) is 11.9 Å². The van der Waals surface area contributed by atoms with E-state index in [0.717, 1.165) is 29.4 Å². The number of H-pyrrole nitrogens is 1. The van der Waals surface area contributed by atoms with Crippen molar-refractivity contribution in [3.63, 3.8) is 0 Å². The molecule has 4 N–H and O–H groups in total. The van der Waals surface area contributed by atoms with Crippen molar-refractivity contribution >= 4 is 23.0 Å². The molecule has 3 aromatic rings. The van der Waals surface area contributed by atoms with Crippen LogP contribution < -0.4 is 11.1 Å². The van der Waals surface area contributed by atoms with E-state index in [1.54, 1.807) is 18.3 Å². The number of hydrogen-bond donors (Lipinski definition) is 3. The minimum absolute atomic E-state index is 0.0398. The molecule has 5 heteroatoms. The van der Waals surface area contributed by atoms with Gasteiger partial charge in [0.2, 0.25) is 5.91 Å². The van der Waals surface area contributed by atoms with E-state index >= 15 is 0 Å². The lowest BCUT2D eigenvalue weighted by Crippen LogP contribution is -2.39. The molecular formula is C20H22N4O. The zero-order valence-electron chi connectivity index (χ0n) is 14.0. The van der Waals surface area contributed by atoms with Crippen LogP contribution in [0.25, 0.3) is 17.1 Å². The number of hydrogen-bond acceptors (Lipinski definition) is 3. The molecule has 0 fully saturated rings. The standard InChI is InChI=1S/C20H22N4O/c21-13-17(10-8-15-5-2-1-3-6-15)24-19(25)11-9-16-14-23-20-18(16)7-4-12-22-20/h1-7,9,11-12,14,17H,8,10,13,21H2,(H,22,23)(H,24,25)/t17-/m0/s1. The Morgan fingerprint density at radius 1 is 1.24 bits per heavy atom. The molecule has 0 saturated heterocycles. The minimum atomic E-state index is -0.137. The van der Waals surface area contributed by atoms with Crippen LogP contribution in [0.1, 0.15) is 17.5 Å². The smallest absolute Gasteiger partial charge is 0.244 e. The van der Waals surface area contributed by atoms with Crippen LogP contribution in [0.5, 0.6) is 0 Å². The molecule has 1 atom stereocenters. The average molecular weight is 334 g/mol. The molecule has 3 rings (SSSR count). The summed E-state index contributed by atoms with van der Waals surface area (Å²) in [6, 6.07) is 14.0. The summed E-state index contributed by atoms with van der Waals surface area (Å²) in [6.07, 6.45) is 8.62. The molecule has 0 unspecified atom stereocenters. The Kier molecular flexibility index (Phi) is 5.59. The first-order chi connectivity index (χ1) is 12.3. The van der Waals surface area contributed by atoms with Gasteiger partial charge >= 0.3 is 0 Å². The molecule has 1 aromatic carbocycles. The molecular weight excluding hydrogens is 312 g/mol. The number of pyridine rings is 1. The molecule has 0 radical (unpaired) electrons. The summed E-state index contributed by atoms with van der Waals surface area (Å²) in [5, 5.41) is 3.96. The van der Waals surface area contributed by atoms with Gasteiger partial charge in [0, 0.05) is 42.0 Å². The summed E-state index contributed by atoms with van der Waals surface area (Å²) in [5.41, 5.74) is 8.79. The lowest BCUT2D eigenvalue weighted by molar-refractivity contribution is -0.117. The summed E-state index contributed by atoms with van der Waals surface area (Å²) >= 11 is 0. The molecule has 0 aliphatic carbocycles. The first-order valence-electron chi connectivity index (χ1n) is 8.41. The number of aryl methyl sites for hydroxylation is 1. The van der Waals surface area contributed by atoms with Gasteiger partial charge in [-0.2, -0.15) is 0 Å². The van der Waals surface area contributed by atoms with Crippen molar-refractivity contribution in [1.82, 2.24) is 15.3 Å². The third kappa shape index (κ3) is 4.55. The summed E-state index contributed by atoms with van der Waals surface area (Å²) < 4.78 is 0. The number of carbonyl (C=O) groups excluding carboxylic acids is 1. The second-order valence-electron chi connectivity index (χ2n) is 5.94. The SMILES string of the molecule is NC[C@H](CCc1ccccc1)NC(=O)C=Cc1c[nH]c2ncccc12. The maximum Gasteiger partial charge on any atom is 0.244 e. The van der Waals surface area contributed by atoms with Gasteiger partial charge in [-0.05, 0) is 36.6 Å². The molecule has 2 aromatic heterocycles. The van der Waals surface area contributed by atoms with Crippen molar-refractivity contribution in [1.29, 1.82) is 0 Å². The van der Waals surface area contributed by atoms with Gasteiger partial charge in [-0.25, -0.2) is 4.98 Å². The van der Waals surface area contributed by atoms with Gasteiger partial charge in [-0.15, -0.1) is 0 Å². The Morgan fingerprint density at radius 2 is 2.08 bits per heavy atom. The van der Waals surface area contributed by atoms with Crippen LogP contribution in [0.4, 0.5) is 0 Å². The lowest BCUT2D eigenvalue weighted by atomic mass is 10.1. The molecule has 5 nitrogen and oxygen atoms in total. The third-order valence-corrected chi connectivity index (χ3v) is 4.15. The van der Waals surface area contributed by atoms with Crippen molar-refractivity contribution in [3.8, 4) is 0 Å². The fraction of sp³-hybridized carbons (Fsp3) is 0.200. The number of aromatic amines is 1. The van der Waals surface area contributed by atoms with Gasteiger partial charge in [0.25, 0.3) is 0 Å². The molecule has 2 heterocycles. The van der Waals surface area contributed by atoms with Gasteiger partial charge < -0.3 is 16.0 Å². The first-order valence-corrected chi connectivity index (χ1v) is 8.41. The number of nitrogens with two attached hydrogens (primary N) is 1. The van der Waals surface area contributed by atoms with E-state index < -0.39 is 0 Å². The van der Waals surface area contributed by atoms with Gasteiger partial charge in [0.15, 0.2) is 0 Å². The number of aromatic nitrogens is 2.